The monoisotopic (exact) mass is 242 g/mol. The second kappa shape index (κ2) is 4.03. The maximum absolute atomic E-state index is 11.9. The van der Waals surface area contributed by atoms with Crippen molar-refractivity contribution >= 4 is 40.6 Å². The Bertz CT molecular complexity index is 177. The van der Waals surface area contributed by atoms with Crippen LogP contribution in [0.4, 0.5) is 13.2 Å². The molecule has 0 amide bonds. The highest BCUT2D eigenvalue weighted by Crippen LogP contribution is 2.42. The fourth-order valence-corrected chi connectivity index (χ4v) is 0.788. The largest absolute Gasteiger partial charge is 0.421 e. The molecular formula is C5H4Cl3F3O. The summed E-state index contributed by atoms with van der Waals surface area (Å²) in [6.07, 6.45) is -5.85. The van der Waals surface area contributed by atoms with Gasteiger partial charge in [-0.25, -0.2) is 0 Å². The van der Waals surface area contributed by atoms with Gasteiger partial charge in [0.1, 0.15) is 0 Å². The average Bonchev–Trinajstić information content (AvgIpc) is 1.84. The third-order valence-electron chi connectivity index (χ3n) is 0.983. The minimum Gasteiger partial charge on any atom is -0.298 e. The molecule has 0 spiro atoms. The van der Waals surface area contributed by atoms with E-state index in [0.29, 0.717) is 0 Å². The van der Waals surface area contributed by atoms with E-state index < -0.39 is 28.6 Å². The lowest BCUT2D eigenvalue weighted by Gasteiger charge is -2.21. The lowest BCUT2D eigenvalue weighted by atomic mass is 10.2. The van der Waals surface area contributed by atoms with Crippen LogP contribution >= 0.6 is 34.8 Å². The molecule has 0 N–H and O–H groups in total. The first-order valence-corrected chi connectivity index (χ1v) is 4.02. The van der Waals surface area contributed by atoms with Gasteiger partial charge in [0.15, 0.2) is 5.78 Å². The summed E-state index contributed by atoms with van der Waals surface area (Å²) >= 11 is 14.7. The van der Waals surface area contributed by atoms with Gasteiger partial charge in [-0.05, 0) is 0 Å². The van der Waals surface area contributed by atoms with Crippen molar-refractivity contribution in [3.63, 3.8) is 0 Å². The molecule has 0 bridgehead atoms. The Kier molecular flexibility index (Phi) is 4.14. The minimum absolute atomic E-state index is 0.530. The fourth-order valence-electron chi connectivity index (χ4n) is 0.395. The predicted octanol–water partition coefficient (Wildman–Crippen LogP) is 2.92. The summed E-state index contributed by atoms with van der Waals surface area (Å²) in [5.41, 5.74) is 0. The fraction of sp³-hybridized carbons (Fsp3) is 0.800. The van der Waals surface area contributed by atoms with E-state index in [-0.39, 0.29) is 0 Å². The highest BCUT2D eigenvalue weighted by molar-refractivity contribution is 6.50. The van der Waals surface area contributed by atoms with E-state index >= 15 is 0 Å². The Balaban J connectivity index is 4.33. The van der Waals surface area contributed by atoms with Gasteiger partial charge < -0.3 is 0 Å². The van der Waals surface area contributed by atoms with Crippen LogP contribution in [0.3, 0.4) is 0 Å². The van der Waals surface area contributed by atoms with Crippen LogP contribution in [0.1, 0.15) is 6.42 Å². The van der Waals surface area contributed by atoms with Crippen molar-refractivity contribution in [3.8, 4) is 0 Å². The van der Waals surface area contributed by atoms with Gasteiger partial charge in [0.2, 0.25) is 4.33 Å². The van der Waals surface area contributed by atoms with E-state index in [4.69, 9.17) is 34.8 Å². The lowest BCUT2D eigenvalue weighted by molar-refractivity contribution is -0.148. The average molecular weight is 243 g/mol. The molecule has 7 heteroatoms. The van der Waals surface area contributed by atoms with Crippen molar-refractivity contribution in [2.24, 2.45) is 0 Å². The first-order valence-electron chi connectivity index (χ1n) is 2.73. The molecule has 0 aliphatic heterocycles. The molecule has 0 saturated heterocycles. The SMILES string of the molecule is O=C(CCl)CC(Cl)(Cl)C(F)(F)F. The van der Waals surface area contributed by atoms with Crippen LogP contribution < -0.4 is 0 Å². The molecular weight excluding hydrogens is 239 g/mol. The Labute approximate surface area is 81.8 Å². The number of ketones is 1. The number of carbonyl (C=O) groups excluding carboxylic acids is 1. The molecule has 0 aromatic carbocycles. The van der Waals surface area contributed by atoms with E-state index in [9.17, 15) is 18.0 Å². The summed E-state index contributed by atoms with van der Waals surface area (Å²) < 4.78 is 32.6. The standard InChI is InChI=1S/C5H4Cl3F3O/c6-2-3(12)1-4(7,8)5(9,10)11/h1-2H2. The number of rotatable bonds is 3. The number of hydrogen-bond donors (Lipinski definition) is 0. The van der Waals surface area contributed by atoms with Crippen LogP contribution in [0.2, 0.25) is 0 Å². The number of halogens is 6. The minimum atomic E-state index is -4.82. The summed E-state index contributed by atoms with van der Waals surface area (Å²) in [5.74, 6) is -1.38. The maximum atomic E-state index is 11.9. The van der Waals surface area contributed by atoms with Crippen molar-refractivity contribution in [2.45, 2.75) is 16.9 Å². The first-order chi connectivity index (χ1) is 5.20. The Morgan fingerprint density at radius 3 is 1.92 bits per heavy atom. The topological polar surface area (TPSA) is 17.1 Å². The van der Waals surface area contributed by atoms with Gasteiger partial charge >= 0.3 is 6.18 Å². The van der Waals surface area contributed by atoms with Crippen LogP contribution in [0.25, 0.3) is 0 Å². The highest BCUT2D eigenvalue weighted by atomic mass is 35.5. The third-order valence-corrected chi connectivity index (χ3v) is 1.98. The van der Waals surface area contributed by atoms with E-state index in [2.05, 4.69) is 0 Å². The Morgan fingerprint density at radius 2 is 1.67 bits per heavy atom. The Hall–Kier alpha value is 0.330. The zero-order valence-electron chi connectivity index (χ0n) is 5.59. The van der Waals surface area contributed by atoms with Gasteiger partial charge in [-0.15, -0.1) is 11.6 Å². The summed E-state index contributed by atoms with van der Waals surface area (Å²) in [6, 6.07) is 0. The number of Topliss-reactive ketones (excluding diaryl/α,β-unsaturated/α-hetero) is 1. The van der Waals surface area contributed by atoms with Crippen molar-refractivity contribution in [1.82, 2.24) is 0 Å². The van der Waals surface area contributed by atoms with E-state index in [1.807, 2.05) is 0 Å². The van der Waals surface area contributed by atoms with Crippen LogP contribution in [-0.2, 0) is 4.79 Å². The summed E-state index contributed by atoms with van der Waals surface area (Å²) in [4.78, 5) is 10.5. The summed E-state index contributed by atoms with van der Waals surface area (Å²) in [5, 5.41) is 0. The second-order valence-electron chi connectivity index (χ2n) is 2.05. The number of carbonyl (C=O) groups is 1. The normalized spacial score (nSPS) is 13.2. The number of alkyl halides is 6. The first kappa shape index (κ1) is 12.3. The molecule has 0 aliphatic carbocycles. The third kappa shape index (κ3) is 3.37. The maximum Gasteiger partial charge on any atom is 0.421 e. The molecule has 72 valence electrons. The Morgan fingerprint density at radius 1 is 1.25 bits per heavy atom. The molecule has 12 heavy (non-hydrogen) atoms. The van der Waals surface area contributed by atoms with Crippen molar-refractivity contribution in [1.29, 1.82) is 0 Å². The van der Waals surface area contributed by atoms with Gasteiger partial charge in [0, 0.05) is 6.42 Å². The molecule has 0 radical (unpaired) electrons. The van der Waals surface area contributed by atoms with Crippen molar-refractivity contribution < 1.29 is 18.0 Å². The van der Waals surface area contributed by atoms with Crippen LogP contribution in [0.5, 0.6) is 0 Å². The molecule has 0 rings (SSSR count). The van der Waals surface area contributed by atoms with Gasteiger partial charge in [0.05, 0.1) is 5.88 Å². The van der Waals surface area contributed by atoms with Gasteiger partial charge in [-0.1, -0.05) is 23.2 Å². The van der Waals surface area contributed by atoms with E-state index in [1.54, 1.807) is 0 Å². The van der Waals surface area contributed by atoms with E-state index in [1.165, 1.54) is 0 Å². The van der Waals surface area contributed by atoms with Crippen LogP contribution in [0, 0.1) is 0 Å². The van der Waals surface area contributed by atoms with Crippen molar-refractivity contribution in [3.05, 3.63) is 0 Å². The van der Waals surface area contributed by atoms with E-state index in [0.717, 1.165) is 0 Å². The quantitative estimate of drug-likeness (QED) is 0.697. The smallest absolute Gasteiger partial charge is 0.298 e. The highest BCUT2D eigenvalue weighted by Gasteiger charge is 2.53. The molecule has 0 heterocycles. The van der Waals surface area contributed by atoms with Crippen LogP contribution in [-0.4, -0.2) is 22.2 Å². The van der Waals surface area contributed by atoms with Crippen molar-refractivity contribution in [2.75, 3.05) is 5.88 Å². The molecule has 0 saturated carbocycles. The molecule has 0 atom stereocenters. The molecule has 0 aliphatic rings. The lowest BCUT2D eigenvalue weighted by Crippen LogP contribution is -2.36. The second-order valence-corrected chi connectivity index (χ2v) is 3.80. The zero-order chi connectivity index (χ0) is 9.99. The number of hydrogen-bond acceptors (Lipinski definition) is 1. The van der Waals surface area contributed by atoms with Gasteiger partial charge in [-0.3, -0.25) is 4.79 Å². The molecule has 0 aromatic rings. The summed E-state index contributed by atoms with van der Waals surface area (Å²) in [6.45, 7) is 0. The molecule has 0 aromatic heterocycles. The predicted molar refractivity (Wildman–Crippen MR) is 40.8 cm³/mol. The van der Waals surface area contributed by atoms with Gasteiger partial charge in [-0.2, -0.15) is 13.2 Å². The van der Waals surface area contributed by atoms with Gasteiger partial charge in [0.25, 0.3) is 0 Å². The van der Waals surface area contributed by atoms with Crippen LogP contribution in [0.15, 0.2) is 0 Å². The molecule has 1 nitrogen and oxygen atoms in total. The zero-order valence-corrected chi connectivity index (χ0v) is 7.86. The summed E-state index contributed by atoms with van der Waals surface area (Å²) in [7, 11) is 0. The molecule has 0 fully saturated rings. The molecule has 0 unspecified atom stereocenters.